The molecule has 0 fully saturated rings. The zero-order chi connectivity index (χ0) is 12.9. The Morgan fingerprint density at radius 3 is 2.00 bits per heavy atom. The van der Waals surface area contributed by atoms with Gasteiger partial charge in [-0.1, -0.05) is 34.6 Å². The van der Waals surface area contributed by atoms with Gasteiger partial charge in [-0.3, -0.25) is 4.79 Å². The maximum Gasteiger partial charge on any atom is 0.310 e. The molecule has 96 valence electrons. The van der Waals surface area contributed by atoms with Crippen molar-refractivity contribution in [3.8, 4) is 0 Å². The molecular weight excluding hydrogens is 208 g/mol. The first-order valence-electron chi connectivity index (χ1n) is 5.87. The Balaban J connectivity index is 4.42. The van der Waals surface area contributed by atoms with Crippen molar-refractivity contribution in [1.29, 1.82) is 0 Å². The van der Waals surface area contributed by atoms with Gasteiger partial charge in [0.05, 0.1) is 12.0 Å². The highest BCUT2D eigenvalue weighted by molar-refractivity contribution is 5.71. The summed E-state index contributed by atoms with van der Waals surface area (Å²) in [6.07, 6.45) is -1.33. The lowest BCUT2D eigenvalue weighted by molar-refractivity contribution is -0.190. The summed E-state index contributed by atoms with van der Waals surface area (Å²) in [6.45, 7) is 8.99. The number of carbonyl (C=O) groups excluding carboxylic acids is 1. The summed E-state index contributed by atoms with van der Waals surface area (Å²) < 4.78 is 4.89. The number of aliphatic hydroxyl groups excluding tert-OH is 2. The number of aliphatic hydroxyl groups is 2. The Hall–Kier alpha value is -0.610. The fraction of sp³-hybridized carbons (Fsp3) is 0.917. The average molecular weight is 232 g/mol. The predicted molar refractivity (Wildman–Crippen MR) is 61.6 cm³/mol. The highest BCUT2D eigenvalue weighted by atomic mass is 16.6. The van der Waals surface area contributed by atoms with Crippen LogP contribution < -0.4 is 0 Å². The minimum atomic E-state index is -1.22. The lowest BCUT2D eigenvalue weighted by Crippen LogP contribution is -2.38. The Kier molecular flexibility index (Phi) is 6.60. The van der Waals surface area contributed by atoms with Crippen LogP contribution in [0, 0.1) is 17.8 Å². The van der Waals surface area contributed by atoms with Crippen LogP contribution in [0.2, 0.25) is 0 Å². The van der Waals surface area contributed by atoms with E-state index in [0.717, 1.165) is 0 Å². The van der Waals surface area contributed by atoms with Crippen LogP contribution in [0.15, 0.2) is 0 Å². The number of rotatable bonds is 6. The van der Waals surface area contributed by atoms with E-state index in [-0.39, 0.29) is 11.8 Å². The highest BCUT2D eigenvalue weighted by Crippen LogP contribution is 2.21. The normalized spacial score (nSPS) is 17.3. The molecule has 3 unspecified atom stereocenters. The smallest absolute Gasteiger partial charge is 0.310 e. The Bertz CT molecular complexity index is 213. The SMILES string of the molecule is CCC(C(O)OC(=O)C(C)C)C(O)C(C)C. The molecule has 0 spiro atoms. The van der Waals surface area contributed by atoms with Crippen LogP contribution in [-0.4, -0.2) is 28.6 Å². The molecule has 0 heterocycles. The average Bonchev–Trinajstić information content (AvgIpc) is 2.18. The topological polar surface area (TPSA) is 66.8 Å². The molecule has 0 aliphatic rings. The first kappa shape index (κ1) is 15.4. The molecule has 0 radical (unpaired) electrons. The molecule has 0 amide bonds. The minimum Gasteiger partial charge on any atom is -0.435 e. The van der Waals surface area contributed by atoms with E-state index < -0.39 is 24.3 Å². The molecule has 0 saturated heterocycles. The van der Waals surface area contributed by atoms with Gasteiger partial charge >= 0.3 is 5.97 Å². The molecule has 0 aromatic carbocycles. The van der Waals surface area contributed by atoms with Gasteiger partial charge in [-0.15, -0.1) is 0 Å². The van der Waals surface area contributed by atoms with Crippen molar-refractivity contribution in [3.63, 3.8) is 0 Å². The number of carbonyl (C=O) groups is 1. The lowest BCUT2D eigenvalue weighted by Gasteiger charge is -2.28. The molecule has 0 bridgehead atoms. The van der Waals surface area contributed by atoms with E-state index in [1.54, 1.807) is 13.8 Å². The summed E-state index contributed by atoms with van der Waals surface area (Å²) in [5, 5.41) is 19.6. The van der Waals surface area contributed by atoms with Crippen LogP contribution in [0.3, 0.4) is 0 Å². The second-order valence-corrected chi connectivity index (χ2v) is 4.79. The molecular formula is C12H24O4. The second kappa shape index (κ2) is 6.86. The summed E-state index contributed by atoms with van der Waals surface area (Å²) >= 11 is 0. The van der Waals surface area contributed by atoms with Crippen molar-refractivity contribution in [2.45, 2.75) is 53.4 Å². The van der Waals surface area contributed by atoms with Crippen LogP contribution in [0.25, 0.3) is 0 Å². The van der Waals surface area contributed by atoms with Crippen molar-refractivity contribution in [2.75, 3.05) is 0 Å². The van der Waals surface area contributed by atoms with Crippen LogP contribution in [0.4, 0.5) is 0 Å². The Labute approximate surface area is 97.6 Å². The number of esters is 1. The molecule has 0 aromatic heterocycles. The molecule has 2 N–H and O–H groups in total. The number of hydrogen-bond acceptors (Lipinski definition) is 4. The van der Waals surface area contributed by atoms with Crippen LogP contribution >= 0.6 is 0 Å². The fourth-order valence-corrected chi connectivity index (χ4v) is 1.45. The van der Waals surface area contributed by atoms with Gasteiger partial charge in [0.2, 0.25) is 6.29 Å². The fourth-order valence-electron chi connectivity index (χ4n) is 1.45. The van der Waals surface area contributed by atoms with Gasteiger partial charge in [0.1, 0.15) is 0 Å². The molecule has 0 rings (SSSR count). The van der Waals surface area contributed by atoms with E-state index in [1.165, 1.54) is 0 Å². The van der Waals surface area contributed by atoms with Crippen molar-refractivity contribution in [3.05, 3.63) is 0 Å². The van der Waals surface area contributed by atoms with Gasteiger partial charge in [-0.05, 0) is 12.3 Å². The summed E-state index contributed by atoms with van der Waals surface area (Å²) in [5.74, 6) is -1.12. The molecule has 0 aromatic rings. The number of ether oxygens (including phenoxy) is 1. The van der Waals surface area contributed by atoms with E-state index in [2.05, 4.69) is 0 Å². The van der Waals surface area contributed by atoms with Crippen LogP contribution in [0.5, 0.6) is 0 Å². The van der Waals surface area contributed by atoms with Gasteiger partial charge in [0, 0.05) is 5.92 Å². The van der Waals surface area contributed by atoms with Gasteiger partial charge in [-0.25, -0.2) is 0 Å². The number of hydrogen-bond donors (Lipinski definition) is 2. The van der Waals surface area contributed by atoms with E-state index in [4.69, 9.17) is 4.74 Å². The van der Waals surface area contributed by atoms with E-state index in [1.807, 2.05) is 20.8 Å². The quantitative estimate of drug-likeness (QED) is 0.538. The third kappa shape index (κ3) is 4.49. The molecule has 3 atom stereocenters. The lowest BCUT2D eigenvalue weighted by atomic mass is 9.90. The van der Waals surface area contributed by atoms with Crippen molar-refractivity contribution in [2.24, 2.45) is 17.8 Å². The molecule has 4 nitrogen and oxygen atoms in total. The second-order valence-electron chi connectivity index (χ2n) is 4.79. The first-order valence-corrected chi connectivity index (χ1v) is 5.87. The third-order valence-electron chi connectivity index (χ3n) is 2.67. The predicted octanol–water partition coefficient (Wildman–Crippen LogP) is 1.55. The van der Waals surface area contributed by atoms with Crippen molar-refractivity contribution in [1.82, 2.24) is 0 Å². The van der Waals surface area contributed by atoms with Gasteiger partial charge in [0.25, 0.3) is 0 Å². The van der Waals surface area contributed by atoms with Crippen molar-refractivity contribution < 1.29 is 19.7 Å². The zero-order valence-electron chi connectivity index (χ0n) is 10.8. The molecule has 4 heteroatoms. The van der Waals surface area contributed by atoms with Crippen LogP contribution in [-0.2, 0) is 9.53 Å². The summed E-state index contributed by atoms with van der Waals surface area (Å²) in [7, 11) is 0. The summed E-state index contributed by atoms with van der Waals surface area (Å²) in [4.78, 5) is 11.3. The van der Waals surface area contributed by atoms with E-state index >= 15 is 0 Å². The monoisotopic (exact) mass is 232 g/mol. The third-order valence-corrected chi connectivity index (χ3v) is 2.67. The maximum atomic E-state index is 11.3. The first-order chi connectivity index (χ1) is 7.31. The molecule has 16 heavy (non-hydrogen) atoms. The summed E-state index contributed by atoms with van der Waals surface area (Å²) in [5.41, 5.74) is 0. The minimum absolute atomic E-state index is 0.0253. The highest BCUT2D eigenvalue weighted by Gasteiger charge is 2.30. The van der Waals surface area contributed by atoms with Gasteiger partial charge in [-0.2, -0.15) is 0 Å². The van der Waals surface area contributed by atoms with E-state index in [0.29, 0.717) is 6.42 Å². The maximum absolute atomic E-state index is 11.3. The zero-order valence-corrected chi connectivity index (χ0v) is 10.8. The van der Waals surface area contributed by atoms with Gasteiger partial charge in [0.15, 0.2) is 0 Å². The standard InChI is InChI=1S/C12H24O4/c1-6-9(10(13)7(2)3)12(15)16-11(14)8(4)5/h7-10,12-13,15H,6H2,1-5H3. The van der Waals surface area contributed by atoms with Crippen molar-refractivity contribution >= 4 is 5.97 Å². The Morgan fingerprint density at radius 2 is 1.69 bits per heavy atom. The molecule has 0 aliphatic heterocycles. The molecule has 0 aliphatic carbocycles. The largest absolute Gasteiger partial charge is 0.435 e. The van der Waals surface area contributed by atoms with Crippen LogP contribution in [0.1, 0.15) is 41.0 Å². The Morgan fingerprint density at radius 1 is 1.19 bits per heavy atom. The van der Waals surface area contributed by atoms with Gasteiger partial charge < -0.3 is 14.9 Å². The molecule has 0 saturated carbocycles. The summed E-state index contributed by atoms with van der Waals surface area (Å²) in [6, 6.07) is 0. The van der Waals surface area contributed by atoms with E-state index in [9.17, 15) is 15.0 Å².